The molecule has 5 nitrogen and oxygen atoms in total. The zero-order chi connectivity index (χ0) is 21.7. The molecule has 0 atom stereocenters. The van der Waals surface area contributed by atoms with E-state index in [9.17, 15) is 10.1 Å². The Bertz CT molecular complexity index is 1150. The summed E-state index contributed by atoms with van der Waals surface area (Å²) in [5.41, 5.74) is 5.71. The minimum atomic E-state index is -0.452. The van der Waals surface area contributed by atoms with Gasteiger partial charge in [-0.1, -0.05) is 24.3 Å². The van der Waals surface area contributed by atoms with Crippen LogP contribution in [0.25, 0.3) is 11.8 Å². The zero-order valence-corrected chi connectivity index (χ0v) is 17.7. The van der Waals surface area contributed by atoms with Crippen LogP contribution in [-0.4, -0.2) is 17.1 Å². The van der Waals surface area contributed by atoms with Crippen molar-refractivity contribution in [3.05, 3.63) is 82.7 Å². The third kappa shape index (κ3) is 4.44. The molecule has 1 N–H and O–H groups in total. The first-order chi connectivity index (χ1) is 14.4. The highest BCUT2D eigenvalue weighted by molar-refractivity contribution is 6.09. The second kappa shape index (κ2) is 9.15. The molecule has 0 unspecified atom stereocenters. The van der Waals surface area contributed by atoms with Gasteiger partial charge in [-0.15, -0.1) is 0 Å². The van der Waals surface area contributed by atoms with Gasteiger partial charge >= 0.3 is 0 Å². The number of benzene rings is 2. The van der Waals surface area contributed by atoms with Crippen LogP contribution in [0.3, 0.4) is 0 Å². The lowest BCUT2D eigenvalue weighted by atomic mass is 10.1. The molecule has 0 bridgehead atoms. The number of rotatable bonds is 6. The minimum Gasteiger partial charge on any atom is -0.494 e. The summed E-state index contributed by atoms with van der Waals surface area (Å²) in [5.74, 6) is 0.214. The van der Waals surface area contributed by atoms with Crippen LogP contribution >= 0.6 is 0 Å². The van der Waals surface area contributed by atoms with Crippen molar-refractivity contribution in [3.63, 3.8) is 0 Å². The number of carbonyl (C=O) groups excluding carboxylic acids is 1. The Morgan fingerprint density at radius 3 is 2.60 bits per heavy atom. The first-order valence-electron chi connectivity index (χ1n) is 9.85. The number of carbonyl (C=O) groups is 1. The molecule has 2 aromatic carbocycles. The Labute approximate surface area is 177 Å². The van der Waals surface area contributed by atoms with E-state index in [1.54, 1.807) is 24.3 Å². The topological polar surface area (TPSA) is 67.0 Å². The van der Waals surface area contributed by atoms with Gasteiger partial charge in [0.1, 0.15) is 17.4 Å². The molecule has 1 amide bonds. The SMILES string of the molecule is CCOc1cccc(NC(=O)/C(C#N)=C\c2cc(C)n(-c3ccccc3C)c2C)c1. The first kappa shape index (κ1) is 20.9. The molecule has 152 valence electrons. The van der Waals surface area contributed by atoms with E-state index in [4.69, 9.17) is 4.74 Å². The van der Waals surface area contributed by atoms with Gasteiger partial charge in [-0.3, -0.25) is 4.79 Å². The number of hydrogen-bond donors (Lipinski definition) is 1. The fraction of sp³-hybridized carbons (Fsp3) is 0.200. The Kier molecular flexibility index (Phi) is 6.38. The van der Waals surface area contributed by atoms with E-state index >= 15 is 0 Å². The molecule has 5 heteroatoms. The third-order valence-electron chi connectivity index (χ3n) is 4.89. The average Bonchev–Trinajstić information content (AvgIpc) is 3.00. The summed E-state index contributed by atoms with van der Waals surface area (Å²) in [6.07, 6.45) is 1.64. The smallest absolute Gasteiger partial charge is 0.266 e. The number of nitrogens with one attached hydrogen (secondary N) is 1. The van der Waals surface area contributed by atoms with E-state index in [0.717, 1.165) is 28.2 Å². The summed E-state index contributed by atoms with van der Waals surface area (Å²) < 4.78 is 7.60. The molecular weight excluding hydrogens is 374 g/mol. The lowest BCUT2D eigenvalue weighted by Crippen LogP contribution is -2.13. The first-order valence-corrected chi connectivity index (χ1v) is 9.85. The Morgan fingerprint density at radius 2 is 1.90 bits per heavy atom. The van der Waals surface area contributed by atoms with Crippen molar-refractivity contribution in [3.8, 4) is 17.5 Å². The predicted molar refractivity (Wildman–Crippen MR) is 120 cm³/mol. The number of hydrogen-bond acceptors (Lipinski definition) is 3. The molecule has 0 aliphatic heterocycles. The van der Waals surface area contributed by atoms with E-state index in [2.05, 4.69) is 28.9 Å². The quantitative estimate of drug-likeness (QED) is 0.449. The number of aromatic nitrogens is 1. The maximum Gasteiger partial charge on any atom is 0.266 e. The molecule has 0 saturated heterocycles. The van der Waals surface area contributed by atoms with Crippen molar-refractivity contribution in [1.29, 1.82) is 5.26 Å². The molecule has 3 aromatic rings. The molecule has 1 aromatic heterocycles. The van der Waals surface area contributed by atoms with Gasteiger partial charge < -0.3 is 14.6 Å². The molecule has 3 rings (SSSR count). The number of para-hydroxylation sites is 1. The fourth-order valence-electron chi connectivity index (χ4n) is 3.45. The molecule has 0 saturated carbocycles. The Morgan fingerprint density at radius 1 is 1.13 bits per heavy atom. The number of anilines is 1. The van der Waals surface area contributed by atoms with Crippen LogP contribution in [-0.2, 0) is 4.79 Å². The fourth-order valence-corrected chi connectivity index (χ4v) is 3.45. The van der Waals surface area contributed by atoms with Crippen LogP contribution in [0.1, 0.15) is 29.4 Å². The molecule has 0 aliphatic rings. The Hall–Kier alpha value is -3.78. The number of aryl methyl sites for hydroxylation is 2. The van der Waals surface area contributed by atoms with Gasteiger partial charge in [0.05, 0.1) is 6.61 Å². The summed E-state index contributed by atoms with van der Waals surface area (Å²) in [6.45, 7) is 8.51. The summed E-state index contributed by atoms with van der Waals surface area (Å²) in [7, 11) is 0. The van der Waals surface area contributed by atoms with Crippen LogP contribution < -0.4 is 10.1 Å². The lowest BCUT2D eigenvalue weighted by molar-refractivity contribution is -0.112. The molecule has 0 spiro atoms. The largest absolute Gasteiger partial charge is 0.494 e. The summed E-state index contributed by atoms with van der Waals surface area (Å²) in [4.78, 5) is 12.7. The average molecular weight is 399 g/mol. The summed E-state index contributed by atoms with van der Waals surface area (Å²) >= 11 is 0. The van der Waals surface area contributed by atoms with Crippen molar-refractivity contribution < 1.29 is 9.53 Å². The molecular formula is C25H25N3O2. The highest BCUT2D eigenvalue weighted by atomic mass is 16.5. The van der Waals surface area contributed by atoms with Gasteiger partial charge in [0, 0.05) is 28.8 Å². The molecule has 0 aliphatic carbocycles. The van der Waals surface area contributed by atoms with Gasteiger partial charge in [-0.2, -0.15) is 5.26 Å². The van der Waals surface area contributed by atoms with E-state index < -0.39 is 5.91 Å². The molecule has 0 fully saturated rings. The molecule has 0 radical (unpaired) electrons. The monoisotopic (exact) mass is 399 g/mol. The van der Waals surface area contributed by atoms with Gasteiger partial charge in [-0.25, -0.2) is 0 Å². The van der Waals surface area contributed by atoms with Crippen LogP contribution in [0.15, 0.2) is 60.2 Å². The maximum absolute atomic E-state index is 12.7. The number of amides is 1. The van der Waals surface area contributed by atoms with Gasteiger partial charge in [0.2, 0.25) is 0 Å². The highest BCUT2D eigenvalue weighted by Gasteiger charge is 2.15. The molecule has 30 heavy (non-hydrogen) atoms. The van der Waals surface area contributed by atoms with Crippen LogP contribution in [0.5, 0.6) is 5.75 Å². The standard InChI is InChI=1S/C25H25N3O2/c1-5-30-23-11-8-10-22(15-23)27-25(29)21(16-26)14-20-13-18(3)28(19(20)4)24-12-7-6-9-17(24)2/h6-15H,5H2,1-4H3,(H,27,29)/b21-14-. The van der Waals surface area contributed by atoms with Crippen LogP contribution in [0.2, 0.25) is 0 Å². The van der Waals surface area contributed by atoms with Gasteiger partial charge in [0.25, 0.3) is 5.91 Å². The van der Waals surface area contributed by atoms with Crippen molar-refractivity contribution >= 4 is 17.7 Å². The number of ether oxygens (including phenoxy) is 1. The van der Waals surface area contributed by atoms with E-state index in [1.165, 1.54) is 0 Å². The summed E-state index contributed by atoms with van der Waals surface area (Å²) in [5, 5.41) is 12.4. The van der Waals surface area contributed by atoms with Crippen LogP contribution in [0.4, 0.5) is 5.69 Å². The highest BCUT2D eigenvalue weighted by Crippen LogP contribution is 2.25. The second-order valence-corrected chi connectivity index (χ2v) is 7.03. The third-order valence-corrected chi connectivity index (χ3v) is 4.89. The summed E-state index contributed by atoms with van der Waals surface area (Å²) in [6, 6.07) is 19.3. The van der Waals surface area contributed by atoms with Gasteiger partial charge in [0.15, 0.2) is 0 Å². The van der Waals surface area contributed by atoms with E-state index in [1.807, 2.05) is 51.1 Å². The maximum atomic E-state index is 12.7. The lowest BCUT2D eigenvalue weighted by Gasteiger charge is -2.12. The second-order valence-electron chi connectivity index (χ2n) is 7.03. The normalized spacial score (nSPS) is 11.1. The minimum absolute atomic E-state index is 0.0434. The van der Waals surface area contributed by atoms with Gasteiger partial charge in [-0.05, 0) is 69.2 Å². The van der Waals surface area contributed by atoms with Crippen molar-refractivity contribution in [1.82, 2.24) is 4.57 Å². The van der Waals surface area contributed by atoms with Crippen molar-refractivity contribution in [2.24, 2.45) is 0 Å². The Balaban J connectivity index is 1.91. The van der Waals surface area contributed by atoms with E-state index in [-0.39, 0.29) is 5.57 Å². The van der Waals surface area contributed by atoms with Crippen molar-refractivity contribution in [2.75, 3.05) is 11.9 Å². The molecule has 1 heterocycles. The van der Waals surface area contributed by atoms with Crippen molar-refractivity contribution in [2.45, 2.75) is 27.7 Å². The van der Waals surface area contributed by atoms with Crippen LogP contribution in [0, 0.1) is 32.1 Å². The number of nitrogens with zero attached hydrogens (tertiary/aromatic N) is 2. The zero-order valence-electron chi connectivity index (χ0n) is 17.7. The number of nitriles is 1. The van der Waals surface area contributed by atoms with E-state index in [0.29, 0.717) is 18.0 Å². The predicted octanol–water partition coefficient (Wildman–Crippen LogP) is 5.35.